The second-order valence-corrected chi connectivity index (χ2v) is 8.69. The molecule has 0 aliphatic heterocycles. The van der Waals surface area contributed by atoms with Crippen molar-refractivity contribution in [3.8, 4) is 11.5 Å². The van der Waals surface area contributed by atoms with Crippen LogP contribution in [0.1, 0.15) is 67.7 Å². The summed E-state index contributed by atoms with van der Waals surface area (Å²) >= 11 is 3.31. The van der Waals surface area contributed by atoms with Gasteiger partial charge in [0.2, 0.25) is 0 Å². The average Bonchev–Trinajstić information content (AvgIpc) is 2.90. The second kappa shape index (κ2) is 17.3. The zero-order chi connectivity index (χ0) is 25.5. The number of aldehydes is 2. The van der Waals surface area contributed by atoms with Gasteiger partial charge in [-0.05, 0) is 46.5 Å². The highest BCUT2D eigenvalue weighted by atomic mass is 79.9. The molecule has 192 valence electrons. The number of unbranched alkanes of at least 4 members (excludes halogenated alkanes) is 2. The van der Waals surface area contributed by atoms with Crippen LogP contribution in [0.3, 0.4) is 0 Å². The predicted molar refractivity (Wildman–Crippen MR) is 156 cm³/mol. The van der Waals surface area contributed by atoms with Gasteiger partial charge < -0.3 is 9.84 Å². The molecule has 36 heavy (non-hydrogen) atoms. The summed E-state index contributed by atoms with van der Waals surface area (Å²) in [7, 11) is 0. The van der Waals surface area contributed by atoms with Gasteiger partial charge in [0.15, 0.2) is 12.6 Å². The number of phenols is 1. The number of hydrogen-bond donors (Lipinski definition) is 1. The standard InChI is InChI=1S/C15H16O2.C11H8O2.C4H9Br.CH4/c1-2-3-10-17-15-9-8-12-6-4-5-7-13(12)14(15)11-16;12-7-10-9-4-2-1-3-8(9)5-6-11(10)13;1-2-3-4-5;/h4-9,11H,2-3,10H2,1H3;1-7,13H;2-4H2,1H3;1H4. The Morgan fingerprint density at radius 2 is 1.28 bits per heavy atom. The van der Waals surface area contributed by atoms with Crippen molar-refractivity contribution < 1.29 is 19.4 Å². The van der Waals surface area contributed by atoms with Gasteiger partial charge in [0.05, 0.1) is 17.7 Å². The van der Waals surface area contributed by atoms with Crippen LogP contribution < -0.4 is 4.74 Å². The number of rotatable bonds is 8. The SMILES string of the molecule is C.CCCCBr.CCCCOc1ccc2ccccc2c1C=O.O=Cc1c(O)ccc2ccccc12. The van der Waals surface area contributed by atoms with Gasteiger partial charge in [-0.1, -0.05) is 111 Å². The number of alkyl halides is 1. The van der Waals surface area contributed by atoms with Gasteiger partial charge in [0, 0.05) is 5.33 Å². The van der Waals surface area contributed by atoms with Crippen LogP contribution in [-0.4, -0.2) is 29.6 Å². The second-order valence-electron chi connectivity index (χ2n) is 7.90. The van der Waals surface area contributed by atoms with Crippen LogP contribution in [0.15, 0.2) is 72.8 Å². The minimum atomic E-state index is 0. The highest BCUT2D eigenvalue weighted by molar-refractivity contribution is 9.09. The Balaban J connectivity index is 0.000000303. The zero-order valence-corrected chi connectivity index (χ0v) is 22.0. The fourth-order valence-electron chi connectivity index (χ4n) is 3.39. The molecule has 0 radical (unpaired) electrons. The van der Waals surface area contributed by atoms with Gasteiger partial charge in [-0.3, -0.25) is 9.59 Å². The normalized spacial score (nSPS) is 9.75. The van der Waals surface area contributed by atoms with Crippen LogP contribution in [0.4, 0.5) is 0 Å². The summed E-state index contributed by atoms with van der Waals surface area (Å²) in [6.45, 7) is 4.96. The Hall–Kier alpha value is -3.18. The summed E-state index contributed by atoms with van der Waals surface area (Å²) in [5.41, 5.74) is 1.01. The Morgan fingerprint density at radius 3 is 1.78 bits per heavy atom. The summed E-state index contributed by atoms with van der Waals surface area (Å²) in [4.78, 5) is 21.9. The van der Waals surface area contributed by atoms with E-state index in [1.54, 1.807) is 6.07 Å². The molecule has 4 nitrogen and oxygen atoms in total. The summed E-state index contributed by atoms with van der Waals surface area (Å²) in [5, 5.41) is 14.3. The summed E-state index contributed by atoms with van der Waals surface area (Å²) < 4.78 is 5.65. The molecule has 0 spiro atoms. The molecule has 0 atom stereocenters. The van der Waals surface area contributed by atoms with Gasteiger partial charge in [-0.2, -0.15) is 0 Å². The van der Waals surface area contributed by atoms with Crippen LogP contribution in [0, 0.1) is 0 Å². The fraction of sp³-hybridized carbons (Fsp3) is 0.290. The van der Waals surface area contributed by atoms with Crippen molar-refractivity contribution >= 4 is 50.0 Å². The Labute approximate surface area is 223 Å². The molecule has 0 unspecified atom stereocenters. The minimum absolute atomic E-state index is 0. The van der Waals surface area contributed by atoms with E-state index in [0.29, 0.717) is 29.8 Å². The number of carbonyl (C=O) groups is 2. The maximum atomic E-state index is 11.2. The third kappa shape index (κ3) is 8.80. The van der Waals surface area contributed by atoms with E-state index in [9.17, 15) is 14.7 Å². The first-order valence-corrected chi connectivity index (χ1v) is 13.0. The van der Waals surface area contributed by atoms with Crippen molar-refractivity contribution in [3.05, 3.63) is 83.9 Å². The van der Waals surface area contributed by atoms with E-state index < -0.39 is 0 Å². The van der Waals surface area contributed by atoms with Crippen LogP contribution in [0.25, 0.3) is 21.5 Å². The lowest BCUT2D eigenvalue weighted by atomic mass is 10.0. The summed E-state index contributed by atoms with van der Waals surface area (Å²) in [5.74, 6) is 0.723. The number of hydrogen-bond acceptors (Lipinski definition) is 4. The van der Waals surface area contributed by atoms with E-state index in [-0.39, 0.29) is 13.2 Å². The lowest BCUT2D eigenvalue weighted by Crippen LogP contribution is -1.99. The van der Waals surface area contributed by atoms with Crippen molar-refractivity contribution in [2.45, 2.75) is 47.0 Å². The molecular weight excluding hydrogens is 516 g/mol. The molecule has 0 saturated carbocycles. The van der Waals surface area contributed by atoms with E-state index in [1.807, 2.05) is 60.7 Å². The Morgan fingerprint density at radius 1 is 0.750 bits per heavy atom. The quantitative estimate of drug-likeness (QED) is 0.134. The van der Waals surface area contributed by atoms with Crippen molar-refractivity contribution in [3.63, 3.8) is 0 Å². The first kappa shape index (κ1) is 30.9. The van der Waals surface area contributed by atoms with Crippen molar-refractivity contribution in [2.24, 2.45) is 0 Å². The van der Waals surface area contributed by atoms with E-state index in [4.69, 9.17) is 4.74 Å². The van der Waals surface area contributed by atoms with E-state index in [1.165, 1.54) is 18.9 Å². The van der Waals surface area contributed by atoms with Crippen LogP contribution >= 0.6 is 15.9 Å². The number of ether oxygens (including phenoxy) is 1. The van der Waals surface area contributed by atoms with Crippen LogP contribution in [0.2, 0.25) is 0 Å². The largest absolute Gasteiger partial charge is 0.507 e. The van der Waals surface area contributed by atoms with Gasteiger partial charge in [0.1, 0.15) is 11.5 Å². The minimum Gasteiger partial charge on any atom is -0.507 e. The maximum Gasteiger partial charge on any atom is 0.154 e. The molecule has 5 heteroatoms. The summed E-state index contributed by atoms with van der Waals surface area (Å²) in [6.07, 6.45) is 6.25. The number of aromatic hydroxyl groups is 1. The third-order valence-corrected chi connectivity index (χ3v) is 5.92. The highest BCUT2D eigenvalue weighted by Gasteiger charge is 2.07. The molecule has 0 heterocycles. The predicted octanol–water partition coefficient (Wildman–Crippen LogP) is 9.01. The van der Waals surface area contributed by atoms with E-state index in [0.717, 1.165) is 46.0 Å². The molecule has 0 amide bonds. The number of carbonyl (C=O) groups excluding carboxylic acids is 2. The van der Waals surface area contributed by atoms with E-state index >= 15 is 0 Å². The van der Waals surface area contributed by atoms with Crippen molar-refractivity contribution in [1.82, 2.24) is 0 Å². The first-order valence-electron chi connectivity index (χ1n) is 11.9. The van der Waals surface area contributed by atoms with Gasteiger partial charge in [-0.25, -0.2) is 0 Å². The number of halogens is 1. The lowest BCUT2D eigenvalue weighted by molar-refractivity contribution is 0.111. The molecular formula is C31H37BrO4. The lowest BCUT2D eigenvalue weighted by Gasteiger charge is -2.10. The number of phenolic OH excluding ortho intramolecular Hbond substituents is 1. The maximum absolute atomic E-state index is 11.2. The zero-order valence-electron chi connectivity index (χ0n) is 20.4. The molecule has 0 aliphatic rings. The molecule has 0 aliphatic carbocycles. The highest BCUT2D eigenvalue weighted by Crippen LogP contribution is 2.27. The molecule has 4 aromatic carbocycles. The molecule has 0 aromatic heterocycles. The molecule has 4 rings (SSSR count). The summed E-state index contributed by atoms with van der Waals surface area (Å²) in [6, 6.07) is 22.5. The topological polar surface area (TPSA) is 63.6 Å². The van der Waals surface area contributed by atoms with Gasteiger partial charge in [0.25, 0.3) is 0 Å². The molecule has 0 saturated heterocycles. The molecule has 1 N–H and O–H groups in total. The number of benzene rings is 4. The molecule has 0 fully saturated rings. The molecule has 4 aromatic rings. The average molecular weight is 554 g/mol. The van der Waals surface area contributed by atoms with Crippen LogP contribution in [-0.2, 0) is 0 Å². The Bertz CT molecular complexity index is 1220. The fourth-order valence-corrected chi connectivity index (χ4v) is 3.95. The third-order valence-electron chi connectivity index (χ3n) is 5.36. The smallest absolute Gasteiger partial charge is 0.154 e. The van der Waals surface area contributed by atoms with Crippen molar-refractivity contribution in [1.29, 1.82) is 0 Å². The van der Waals surface area contributed by atoms with Crippen molar-refractivity contribution in [2.75, 3.05) is 11.9 Å². The molecule has 0 bridgehead atoms. The number of fused-ring (bicyclic) bond motifs is 2. The van der Waals surface area contributed by atoms with Crippen LogP contribution in [0.5, 0.6) is 11.5 Å². The van der Waals surface area contributed by atoms with E-state index in [2.05, 4.69) is 29.8 Å². The Kier molecular flexibility index (Phi) is 14.8. The van der Waals surface area contributed by atoms with Gasteiger partial charge >= 0.3 is 0 Å². The van der Waals surface area contributed by atoms with Gasteiger partial charge in [-0.15, -0.1) is 0 Å². The first-order chi connectivity index (χ1) is 17.1. The monoisotopic (exact) mass is 552 g/mol.